The van der Waals surface area contributed by atoms with Crippen molar-refractivity contribution in [3.8, 4) is 0 Å². The van der Waals surface area contributed by atoms with Gasteiger partial charge in [-0.25, -0.2) is 0 Å². The van der Waals surface area contributed by atoms with Crippen LogP contribution < -0.4 is 0 Å². The van der Waals surface area contributed by atoms with E-state index in [-0.39, 0.29) is 12.2 Å². The van der Waals surface area contributed by atoms with Crippen molar-refractivity contribution in [2.24, 2.45) is 0 Å². The number of hydrogen-bond donors (Lipinski definition) is 2. The molecule has 0 radical (unpaired) electrons. The van der Waals surface area contributed by atoms with Gasteiger partial charge in [0.25, 0.3) is 0 Å². The average molecular weight is 306 g/mol. The van der Waals surface area contributed by atoms with Crippen LogP contribution in [0.1, 0.15) is 35.8 Å². The van der Waals surface area contributed by atoms with Crippen LogP contribution in [-0.2, 0) is 11.2 Å². The van der Waals surface area contributed by atoms with Crippen molar-refractivity contribution in [3.63, 3.8) is 0 Å². The van der Waals surface area contributed by atoms with E-state index < -0.39 is 12.2 Å². The Morgan fingerprint density at radius 3 is 2.65 bits per heavy atom. The molecule has 1 unspecified atom stereocenters. The molecule has 116 valence electrons. The lowest BCUT2D eigenvalue weighted by Crippen LogP contribution is -2.29. The third kappa shape index (κ3) is 1.70. The maximum absolute atomic E-state index is 10.4. The second-order valence-electron chi connectivity index (χ2n) is 6.55. The zero-order valence-electron chi connectivity index (χ0n) is 12.9. The summed E-state index contributed by atoms with van der Waals surface area (Å²) in [5.41, 5.74) is 3.20. The van der Waals surface area contributed by atoms with Crippen LogP contribution in [0.5, 0.6) is 0 Å². The average Bonchev–Trinajstić information content (AvgIpc) is 3.37. The van der Waals surface area contributed by atoms with Crippen molar-refractivity contribution in [2.75, 3.05) is 0 Å². The van der Waals surface area contributed by atoms with Gasteiger partial charge in [0.05, 0.1) is 0 Å². The summed E-state index contributed by atoms with van der Waals surface area (Å²) in [6.45, 7) is 2.18. The molecule has 1 aliphatic carbocycles. The van der Waals surface area contributed by atoms with Gasteiger partial charge in [-0.1, -0.05) is 43.3 Å². The van der Waals surface area contributed by atoms with Crippen molar-refractivity contribution in [3.05, 3.63) is 59.2 Å². The zero-order valence-corrected chi connectivity index (χ0v) is 12.9. The minimum atomic E-state index is -0.866. The molecule has 1 fully saturated rings. The first kappa shape index (κ1) is 13.5. The Bertz CT molecular complexity index is 946. The van der Waals surface area contributed by atoms with Crippen molar-refractivity contribution in [1.82, 2.24) is 0 Å². The third-order valence-corrected chi connectivity index (χ3v) is 5.37. The van der Waals surface area contributed by atoms with E-state index in [1.54, 1.807) is 0 Å². The normalized spacial score (nSPS) is 28.7. The fourth-order valence-electron chi connectivity index (χ4n) is 4.21. The van der Waals surface area contributed by atoms with Gasteiger partial charge in [-0.2, -0.15) is 0 Å². The molecule has 2 N–H and O–H groups in total. The lowest BCUT2D eigenvalue weighted by molar-refractivity contribution is 0.000105. The monoisotopic (exact) mass is 306 g/mol. The van der Waals surface area contributed by atoms with E-state index in [0.29, 0.717) is 0 Å². The van der Waals surface area contributed by atoms with Crippen LogP contribution in [0.4, 0.5) is 0 Å². The Kier molecular flexibility index (Phi) is 2.66. The predicted octanol–water partition coefficient (Wildman–Crippen LogP) is 3.40. The van der Waals surface area contributed by atoms with Gasteiger partial charge in [0, 0.05) is 0 Å². The summed E-state index contributed by atoms with van der Waals surface area (Å²) in [4.78, 5) is 0. The fourth-order valence-corrected chi connectivity index (χ4v) is 4.21. The Balaban J connectivity index is 1.91. The minimum absolute atomic E-state index is 0.0852. The van der Waals surface area contributed by atoms with Crippen molar-refractivity contribution in [2.45, 2.75) is 37.8 Å². The molecule has 0 amide bonds. The van der Waals surface area contributed by atoms with Crippen LogP contribution in [0.25, 0.3) is 21.5 Å². The number of benzene rings is 3. The van der Waals surface area contributed by atoms with Crippen molar-refractivity contribution in [1.29, 1.82) is 0 Å². The molecular formula is C20H18O3. The SMILES string of the molecule is CCc1c2ccccc2cc2c3c(ccc12)[C@H](O)C(O)[C@@H]1O[C@H]31. The summed E-state index contributed by atoms with van der Waals surface area (Å²) in [6.07, 6.45) is -1.08. The lowest BCUT2D eigenvalue weighted by Gasteiger charge is -2.25. The van der Waals surface area contributed by atoms with Crippen LogP contribution in [0.2, 0.25) is 0 Å². The molecule has 5 rings (SSSR count). The molecule has 23 heavy (non-hydrogen) atoms. The van der Waals surface area contributed by atoms with E-state index in [0.717, 1.165) is 22.9 Å². The quantitative estimate of drug-likeness (QED) is 0.535. The van der Waals surface area contributed by atoms with Crippen LogP contribution in [-0.4, -0.2) is 22.4 Å². The summed E-state index contributed by atoms with van der Waals surface area (Å²) in [7, 11) is 0. The smallest absolute Gasteiger partial charge is 0.118 e. The van der Waals surface area contributed by atoms with E-state index >= 15 is 0 Å². The van der Waals surface area contributed by atoms with Gasteiger partial charge in [-0.3, -0.25) is 0 Å². The molecule has 0 bridgehead atoms. The second kappa shape index (κ2) is 4.54. The highest BCUT2D eigenvalue weighted by Crippen LogP contribution is 2.53. The Morgan fingerprint density at radius 1 is 1.00 bits per heavy atom. The topological polar surface area (TPSA) is 53.0 Å². The molecule has 4 atom stereocenters. The molecule has 3 nitrogen and oxygen atoms in total. The molecule has 0 saturated carbocycles. The Morgan fingerprint density at radius 2 is 1.83 bits per heavy atom. The first-order valence-electron chi connectivity index (χ1n) is 8.19. The number of fused-ring (bicyclic) bond motifs is 6. The van der Waals surface area contributed by atoms with E-state index in [9.17, 15) is 10.2 Å². The highest BCUT2D eigenvalue weighted by atomic mass is 16.6. The summed E-state index contributed by atoms with van der Waals surface area (Å²) >= 11 is 0. The van der Waals surface area contributed by atoms with Crippen molar-refractivity contribution < 1.29 is 14.9 Å². The minimum Gasteiger partial charge on any atom is -0.387 e. The zero-order chi connectivity index (χ0) is 15.7. The van der Waals surface area contributed by atoms with Gasteiger partial charge in [-0.05, 0) is 50.7 Å². The summed E-state index contributed by atoms with van der Waals surface area (Å²) in [6, 6.07) is 14.7. The van der Waals surface area contributed by atoms with Gasteiger partial charge < -0.3 is 14.9 Å². The molecule has 3 aromatic carbocycles. The molecule has 0 aromatic heterocycles. The van der Waals surface area contributed by atoms with Gasteiger partial charge >= 0.3 is 0 Å². The molecule has 2 aliphatic rings. The summed E-state index contributed by atoms with van der Waals surface area (Å²) < 4.78 is 5.67. The largest absolute Gasteiger partial charge is 0.387 e. The molecule has 1 heterocycles. The van der Waals surface area contributed by atoms with E-state index in [4.69, 9.17) is 4.74 Å². The first-order chi connectivity index (χ1) is 11.2. The highest BCUT2D eigenvalue weighted by Gasteiger charge is 2.54. The maximum Gasteiger partial charge on any atom is 0.118 e. The van der Waals surface area contributed by atoms with Crippen LogP contribution >= 0.6 is 0 Å². The maximum atomic E-state index is 10.4. The summed E-state index contributed by atoms with van der Waals surface area (Å²) in [5, 5.41) is 25.4. The first-order valence-corrected chi connectivity index (χ1v) is 8.19. The Labute approximate surface area is 134 Å². The number of epoxide rings is 1. The van der Waals surface area contributed by atoms with Gasteiger partial charge in [0.2, 0.25) is 0 Å². The van der Waals surface area contributed by atoms with Gasteiger partial charge in [-0.15, -0.1) is 0 Å². The fraction of sp³-hybridized carbons (Fsp3) is 0.300. The molecule has 1 aliphatic heterocycles. The van der Waals surface area contributed by atoms with Crippen LogP contribution in [0.15, 0.2) is 42.5 Å². The number of hydrogen-bond acceptors (Lipinski definition) is 3. The standard InChI is InChI=1S/C20H18O3/c1-2-11-12-6-4-3-5-10(12)9-15-13(11)7-8-14-16(15)19-20(23-19)18(22)17(14)21/h3-9,17-22H,2H2,1H3/t17-,18?,19+,20-/m0/s1. The predicted molar refractivity (Wildman–Crippen MR) is 89.4 cm³/mol. The highest BCUT2D eigenvalue weighted by molar-refractivity contribution is 6.04. The van der Waals surface area contributed by atoms with Gasteiger partial charge in [0.15, 0.2) is 0 Å². The number of ether oxygens (including phenoxy) is 1. The van der Waals surface area contributed by atoms with Crippen molar-refractivity contribution >= 4 is 21.5 Å². The molecule has 0 spiro atoms. The number of aliphatic hydroxyl groups is 2. The summed E-state index contributed by atoms with van der Waals surface area (Å²) in [5.74, 6) is 0. The lowest BCUT2D eigenvalue weighted by atomic mass is 9.82. The Hall–Kier alpha value is -1.94. The number of rotatable bonds is 1. The number of aliphatic hydroxyl groups excluding tert-OH is 2. The van der Waals surface area contributed by atoms with E-state index in [1.807, 2.05) is 6.07 Å². The van der Waals surface area contributed by atoms with Gasteiger partial charge in [0.1, 0.15) is 24.4 Å². The molecule has 1 saturated heterocycles. The molecule has 3 heteroatoms. The molecule has 3 aromatic rings. The van der Waals surface area contributed by atoms with E-state index in [2.05, 4.69) is 43.3 Å². The second-order valence-corrected chi connectivity index (χ2v) is 6.55. The number of aryl methyl sites for hydroxylation is 1. The van der Waals surface area contributed by atoms with Crippen LogP contribution in [0.3, 0.4) is 0 Å². The molecular weight excluding hydrogens is 288 g/mol. The third-order valence-electron chi connectivity index (χ3n) is 5.37. The van der Waals surface area contributed by atoms with Crippen LogP contribution in [0, 0.1) is 0 Å². The van der Waals surface area contributed by atoms with E-state index in [1.165, 1.54) is 21.7 Å².